The number of aryl methyl sites for hydroxylation is 1. The summed E-state index contributed by atoms with van der Waals surface area (Å²) in [6.07, 6.45) is 7.13. The highest BCUT2D eigenvalue weighted by Gasteiger charge is 2.53. The SMILES string of the molecule is COc1cc(C)c(-c2cccc(CN3CCC4(CC3)C(=NC3CCCCC3)NC(=O)N4c3cccc(F)c3)c2)c(OC)c1. The van der Waals surface area contributed by atoms with Crippen LogP contribution in [0.15, 0.2) is 65.7 Å². The number of anilines is 1. The summed E-state index contributed by atoms with van der Waals surface area (Å²) in [5, 5.41) is 3.12. The number of halogens is 1. The summed E-state index contributed by atoms with van der Waals surface area (Å²) in [6.45, 7) is 4.45. The molecule has 6 rings (SSSR count). The van der Waals surface area contributed by atoms with E-state index in [1.165, 1.54) is 37.0 Å². The van der Waals surface area contributed by atoms with Crippen molar-refractivity contribution in [3.8, 4) is 22.6 Å². The summed E-state index contributed by atoms with van der Waals surface area (Å²) in [6, 6.07) is 18.9. The van der Waals surface area contributed by atoms with Crippen molar-refractivity contribution in [2.24, 2.45) is 4.99 Å². The zero-order chi connectivity index (χ0) is 30.0. The predicted octanol–water partition coefficient (Wildman–Crippen LogP) is 7.11. The molecule has 2 saturated heterocycles. The van der Waals surface area contributed by atoms with Gasteiger partial charge in [0, 0.05) is 37.0 Å². The van der Waals surface area contributed by atoms with E-state index < -0.39 is 5.54 Å². The van der Waals surface area contributed by atoms with Crippen LogP contribution in [-0.4, -0.2) is 55.7 Å². The monoisotopic (exact) mass is 584 g/mol. The Hall–Kier alpha value is -3.91. The molecule has 3 aromatic rings. The molecular weight excluding hydrogens is 543 g/mol. The van der Waals surface area contributed by atoms with E-state index in [0.29, 0.717) is 5.69 Å². The first-order valence-corrected chi connectivity index (χ1v) is 15.4. The molecule has 0 aromatic heterocycles. The summed E-state index contributed by atoms with van der Waals surface area (Å²) >= 11 is 0. The van der Waals surface area contributed by atoms with Crippen molar-refractivity contribution in [2.75, 3.05) is 32.2 Å². The van der Waals surface area contributed by atoms with Gasteiger partial charge in [-0.25, -0.2) is 9.18 Å². The molecule has 3 aromatic carbocycles. The lowest BCUT2D eigenvalue weighted by molar-refractivity contribution is 0.184. The first-order chi connectivity index (χ1) is 20.9. The van der Waals surface area contributed by atoms with E-state index in [1.807, 2.05) is 18.2 Å². The maximum absolute atomic E-state index is 14.3. The van der Waals surface area contributed by atoms with Gasteiger partial charge in [-0.05, 0) is 79.6 Å². The molecule has 2 aliphatic heterocycles. The molecule has 1 aliphatic carbocycles. The molecule has 0 unspecified atom stereocenters. The molecule has 2 heterocycles. The Morgan fingerprint density at radius 3 is 2.47 bits per heavy atom. The average Bonchev–Trinajstić information content (AvgIpc) is 3.27. The molecule has 2 amide bonds. The second kappa shape index (κ2) is 12.4. The van der Waals surface area contributed by atoms with Crippen molar-refractivity contribution < 1.29 is 18.7 Å². The summed E-state index contributed by atoms with van der Waals surface area (Å²) in [7, 11) is 3.35. The highest BCUT2D eigenvalue weighted by Crippen LogP contribution is 2.40. The lowest BCUT2D eigenvalue weighted by Gasteiger charge is -2.44. The molecule has 226 valence electrons. The number of benzene rings is 3. The Labute approximate surface area is 253 Å². The van der Waals surface area contributed by atoms with Crippen LogP contribution in [-0.2, 0) is 6.54 Å². The molecule has 43 heavy (non-hydrogen) atoms. The van der Waals surface area contributed by atoms with E-state index in [4.69, 9.17) is 14.5 Å². The lowest BCUT2D eigenvalue weighted by atomic mass is 9.84. The van der Waals surface area contributed by atoms with Gasteiger partial charge in [0.25, 0.3) is 0 Å². The number of amides is 2. The lowest BCUT2D eigenvalue weighted by Crippen LogP contribution is -2.57. The van der Waals surface area contributed by atoms with Crippen molar-refractivity contribution in [1.29, 1.82) is 0 Å². The summed E-state index contributed by atoms with van der Waals surface area (Å²) < 4.78 is 25.5. The minimum atomic E-state index is -0.603. The third-order valence-corrected chi connectivity index (χ3v) is 9.28. The number of hydrogen-bond acceptors (Lipinski definition) is 5. The molecule has 8 heteroatoms. The average molecular weight is 585 g/mol. The standard InChI is InChI=1S/C35H41FN4O3/c1-24-19-30(42-2)22-31(43-3)32(24)26-10-7-9-25(20-26)23-39-17-15-35(16-18-39)33(37-28-12-5-4-6-13-28)38-34(41)40(35)29-14-8-11-27(36)21-29/h7-11,14,19-22,28H,4-6,12-13,15-18,23H2,1-3H3,(H,37,38,41). The van der Waals surface area contributed by atoms with Gasteiger partial charge >= 0.3 is 6.03 Å². The van der Waals surface area contributed by atoms with Gasteiger partial charge in [-0.3, -0.25) is 20.1 Å². The van der Waals surface area contributed by atoms with E-state index in [2.05, 4.69) is 41.4 Å². The van der Waals surface area contributed by atoms with Gasteiger partial charge in [-0.15, -0.1) is 0 Å². The van der Waals surface area contributed by atoms with Gasteiger partial charge in [0.15, 0.2) is 0 Å². The largest absolute Gasteiger partial charge is 0.497 e. The fraction of sp³-hybridized carbons (Fsp3) is 0.429. The molecule has 0 radical (unpaired) electrons. The number of carbonyl (C=O) groups is 1. The van der Waals surface area contributed by atoms with E-state index in [9.17, 15) is 9.18 Å². The molecule has 1 saturated carbocycles. The van der Waals surface area contributed by atoms with Crippen LogP contribution in [0.4, 0.5) is 14.9 Å². The smallest absolute Gasteiger partial charge is 0.328 e. The topological polar surface area (TPSA) is 66.4 Å². The number of nitrogens with zero attached hydrogens (tertiary/aromatic N) is 3. The Balaban J connectivity index is 1.25. The number of piperidine rings is 1. The number of carbonyl (C=O) groups excluding carboxylic acids is 1. The van der Waals surface area contributed by atoms with Gasteiger partial charge in [0.05, 0.1) is 20.3 Å². The van der Waals surface area contributed by atoms with Gasteiger partial charge in [0.1, 0.15) is 28.7 Å². The first kappa shape index (κ1) is 29.2. The maximum Gasteiger partial charge on any atom is 0.328 e. The number of rotatable bonds is 7. The fourth-order valence-corrected chi connectivity index (χ4v) is 7.10. The number of ether oxygens (including phenoxy) is 2. The highest BCUT2D eigenvalue weighted by molar-refractivity contribution is 6.19. The Morgan fingerprint density at radius 1 is 0.977 bits per heavy atom. The maximum atomic E-state index is 14.3. The van der Waals surface area contributed by atoms with Crippen molar-refractivity contribution in [1.82, 2.24) is 10.2 Å². The number of hydrogen-bond donors (Lipinski definition) is 1. The van der Waals surface area contributed by atoms with Crippen LogP contribution < -0.4 is 19.7 Å². The molecule has 0 bridgehead atoms. The van der Waals surface area contributed by atoms with E-state index in [-0.39, 0.29) is 17.9 Å². The van der Waals surface area contributed by atoms with Crippen molar-refractivity contribution in [2.45, 2.75) is 70.0 Å². The predicted molar refractivity (Wildman–Crippen MR) is 169 cm³/mol. The van der Waals surface area contributed by atoms with Crippen LogP contribution in [0.3, 0.4) is 0 Å². The van der Waals surface area contributed by atoms with Crippen molar-refractivity contribution in [3.05, 3.63) is 77.6 Å². The van der Waals surface area contributed by atoms with Crippen LogP contribution in [0.25, 0.3) is 11.1 Å². The van der Waals surface area contributed by atoms with Crippen LogP contribution in [0.2, 0.25) is 0 Å². The molecular formula is C35H41FN4O3. The Morgan fingerprint density at radius 2 is 1.74 bits per heavy atom. The number of aliphatic imine (C=N–C) groups is 1. The fourth-order valence-electron chi connectivity index (χ4n) is 7.10. The van der Waals surface area contributed by atoms with Crippen molar-refractivity contribution in [3.63, 3.8) is 0 Å². The quantitative estimate of drug-likeness (QED) is 0.321. The first-order valence-electron chi connectivity index (χ1n) is 15.4. The number of methoxy groups -OCH3 is 2. The zero-order valence-electron chi connectivity index (χ0n) is 25.4. The van der Waals surface area contributed by atoms with E-state index in [0.717, 1.165) is 79.3 Å². The summed E-state index contributed by atoms with van der Waals surface area (Å²) in [5.41, 5.74) is 4.45. The number of nitrogens with one attached hydrogen (secondary N) is 1. The van der Waals surface area contributed by atoms with Gasteiger partial charge < -0.3 is 9.47 Å². The third kappa shape index (κ3) is 5.85. The van der Waals surface area contributed by atoms with Crippen molar-refractivity contribution >= 4 is 17.6 Å². The van der Waals surface area contributed by atoms with E-state index in [1.54, 1.807) is 25.2 Å². The molecule has 7 nitrogen and oxygen atoms in total. The normalized spacial score (nSPS) is 20.0. The van der Waals surface area contributed by atoms with Gasteiger partial charge in [-0.2, -0.15) is 0 Å². The van der Waals surface area contributed by atoms with Gasteiger partial charge in [0.2, 0.25) is 0 Å². The minimum Gasteiger partial charge on any atom is -0.497 e. The molecule has 0 atom stereocenters. The van der Waals surface area contributed by atoms with Gasteiger partial charge in [-0.1, -0.05) is 43.5 Å². The Bertz CT molecular complexity index is 1510. The molecule has 1 spiro atoms. The summed E-state index contributed by atoms with van der Waals surface area (Å²) in [4.78, 5) is 22.8. The number of urea groups is 1. The second-order valence-corrected chi connectivity index (χ2v) is 12.0. The number of amidine groups is 1. The van der Waals surface area contributed by atoms with Crippen LogP contribution >= 0.6 is 0 Å². The van der Waals surface area contributed by atoms with Crippen LogP contribution in [0.1, 0.15) is 56.1 Å². The second-order valence-electron chi connectivity index (χ2n) is 12.0. The molecule has 3 fully saturated rings. The van der Waals surface area contributed by atoms with Crippen LogP contribution in [0.5, 0.6) is 11.5 Å². The molecule has 1 N–H and O–H groups in total. The third-order valence-electron chi connectivity index (χ3n) is 9.28. The zero-order valence-corrected chi connectivity index (χ0v) is 25.4. The highest BCUT2D eigenvalue weighted by atomic mass is 19.1. The summed E-state index contributed by atoms with van der Waals surface area (Å²) in [5.74, 6) is 1.97. The Kier molecular flexibility index (Phi) is 8.39. The number of likely N-dealkylation sites (tertiary alicyclic amines) is 1. The minimum absolute atomic E-state index is 0.217. The van der Waals surface area contributed by atoms with Crippen LogP contribution in [0, 0.1) is 12.7 Å². The van der Waals surface area contributed by atoms with E-state index >= 15 is 0 Å². The molecule has 3 aliphatic rings.